The van der Waals surface area contributed by atoms with Crippen LogP contribution < -0.4 is 11.0 Å². The number of alkyl halides is 1. The molecule has 14 nitrogen and oxygen atoms in total. The molecule has 1 amide bonds. The summed E-state index contributed by atoms with van der Waals surface area (Å²) in [7, 11) is -2.33. The highest BCUT2D eigenvalue weighted by Gasteiger charge is 2.41. The minimum Gasteiger partial charge on any atom is -0.463 e. The summed E-state index contributed by atoms with van der Waals surface area (Å²) in [5, 5.41) is 2.35. The van der Waals surface area contributed by atoms with Gasteiger partial charge >= 0.3 is 17.6 Å². The number of amides is 1. The molecule has 0 saturated heterocycles. The van der Waals surface area contributed by atoms with E-state index >= 15 is 0 Å². The van der Waals surface area contributed by atoms with Gasteiger partial charge in [0.05, 0.1) is 32.0 Å². The molecule has 0 aliphatic carbocycles. The molecule has 42 heavy (non-hydrogen) atoms. The molecule has 1 heterocycles. The van der Waals surface area contributed by atoms with Gasteiger partial charge in [0.25, 0.3) is 6.48 Å². The van der Waals surface area contributed by atoms with Crippen LogP contribution in [0.3, 0.4) is 0 Å². The Morgan fingerprint density at radius 2 is 1.52 bits per heavy atom. The Morgan fingerprint density at radius 3 is 1.98 bits per heavy atom. The molecule has 0 aliphatic heterocycles. The molecular weight excluding hydrogens is 685 g/mol. The molecule has 0 radical (unpaired) electrons. The Morgan fingerprint density at radius 1 is 0.952 bits per heavy atom. The summed E-state index contributed by atoms with van der Waals surface area (Å²) >= 11 is 2.18. The van der Waals surface area contributed by atoms with Crippen molar-refractivity contribution in [1.82, 2.24) is 9.55 Å². The van der Waals surface area contributed by atoms with Gasteiger partial charge in [0.15, 0.2) is 8.32 Å². The van der Waals surface area contributed by atoms with Crippen molar-refractivity contribution in [3.05, 3.63) is 22.7 Å². The van der Waals surface area contributed by atoms with E-state index in [0.29, 0.717) is 4.43 Å². The fourth-order valence-electron chi connectivity index (χ4n) is 2.95. The highest BCUT2D eigenvalue weighted by atomic mass is 127. The highest BCUT2D eigenvalue weighted by Crippen LogP contribution is 2.38. The average molecular weight is 730 g/mol. The third-order valence-electron chi connectivity index (χ3n) is 6.11. The predicted molar refractivity (Wildman–Crippen MR) is 164 cm³/mol. The van der Waals surface area contributed by atoms with Crippen molar-refractivity contribution in [3.8, 4) is 0 Å². The smallest absolute Gasteiger partial charge is 0.351 e. The number of halogens is 1. The molecule has 0 aliphatic rings. The van der Waals surface area contributed by atoms with Crippen molar-refractivity contribution in [3.63, 3.8) is 0 Å². The number of hydrogen-bond donors (Lipinski definition) is 1. The monoisotopic (exact) mass is 729 g/mol. The maximum Gasteiger partial charge on any atom is 0.351 e. The van der Waals surface area contributed by atoms with E-state index in [1.54, 1.807) is 0 Å². The Hall–Kier alpha value is -1.96. The lowest BCUT2D eigenvalue weighted by Gasteiger charge is -2.41. The van der Waals surface area contributed by atoms with E-state index in [2.05, 4.69) is 66.8 Å². The number of ether oxygens (including phenoxy) is 6. The van der Waals surface area contributed by atoms with Gasteiger partial charge in [-0.1, -0.05) is 43.4 Å². The number of carbonyl (C=O) groups excluding carboxylic acids is 3. The first-order chi connectivity index (χ1) is 19.6. The molecule has 240 valence electrons. The van der Waals surface area contributed by atoms with Crippen LogP contribution in [-0.4, -0.2) is 91.9 Å². The van der Waals surface area contributed by atoms with E-state index in [-0.39, 0.29) is 56.5 Å². The van der Waals surface area contributed by atoms with Crippen LogP contribution in [0.25, 0.3) is 0 Å². The minimum absolute atomic E-state index is 0.000589. The second kappa shape index (κ2) is 18.6. The summed E-state index contributed by atoms with van der Waals surface area (Å²) in [5.41, 5.74) is -0.589. The molecule has 0 bridgehead atoms. The van der Waals surface area contributed by atoms with Gasteiger partial charge in [-0.3, -0.25) is 19.0 Å². The molecule has 1 N–H and O–H groups in total. The third-order valence-corrected chi connectivity index (χ3v) is 11.5. The summed E-state index contributed by atoms with van der Waals surface area (Å²) in [6.45, 7) is 13.1. The number of nitrogens with zero attached hydrogens (tertiary/aromatic N) is 2. The molecular formula is C26H44IN3O11Si. The predicted octanol–water partition coefficient (Wildman–Crippen LogP) is 2.83. The second-order valence-electron chi connectivity index (χ2n) is 10.7. The fourth-order valence-corrected chi connectivity index (χ4v) is 5.11. The number of carbonyl (C=O) groups is 3. The average Bonchev–Trinajstić information content (AvgIpc) is 2.86. The zero-order valence-electron chi connectivity index (χ0n) is 25.6. The van der Waals surface area contributed by atoms with Crippen molar-refractivity contribution < 1.29 is 47.2 Å². The highest BCUT2D eigenvalue weighted by molar-refractivity contribution is 14.1. The van der Waals surface area contributed by atoms with Crippen LogP contribution in [-0.2, 0) is 54.0 Å². The van der Waals surface area contributed by atoms with E-state index in [1.165, 1.54) is 37.6 Å². The van der Waals surface area contributed by atoms with E-state index < -0.39 is 44.6 Å². The quantitative estimate of drug-likeness (QED) is 0.0555. The van der Waals surface area contributed by atoms with Gasteiger partial charge in [0.1, 0.15) is 25.8 Å². The molecule has 0 saturated carbocycles. The standard InChI is InChI=1S/C26H44IN3O11Si/c1-18(31)28-23-9-10-30(24(34)29-23)17-40-21(15-27)22(41-42(7,8)26(4,5)6)16-39-25(37-13-11-35-19(2)32)38-14-12-36-20(3)33/h9-10,21-22,25H,11-17H2,1-8H3,(H,28,29,31,34)/t21-,22-/m1/s1. The number of anilines is 1. The van der Waals surface area contributed by atoms with Gasteiger partial charge < -0.3 is 38.2 Å². The Bertz CT molecular complexity index is 1040. The fraction of sp³-hybridized carbons (Fsp3) is 0.731. The number of hydrogen-bond acceptors (Lipinski definition) is 12. The first kappa shape index (κ1) is 38.1. The van der Waals surface area contributed by atoms with Gasteiger partial charge in [0.2, 0.25) is 5.91 Å². The van der Waals surface area contributed by atoms with E-state index in [9.17, 15) is 19.2 Å². The Labute approximate surface area is 261 Å². The van der Waals surface area contributed by atoms with Gasteiger partial charge in [-0.2, -0.15) is 4.98 Å². The zero-order valence-corrected chi connectivity index (χ0v) is 28.8. The summed E-state index contributed by atoms with van der Waals surface area (Å²) in [6, 6.07) is 1.50. The van der Waals surface area contributed by atoms with Crippen LogP contribution in [0, 0.1) is 0 Å². The van der Waals surface area contributed by atoms with Crippen molar-refractivity contribution in [1.29, 1.82) is 0 Å². The Balaban J connectivity index is 3.06. The van der Waals surface area contributed by atoms with Crippen molar-refractivity contribution in [2.45, 2.75) is 85.1 Å². The molecule has 0 unspecified atom stereocenters. The molecule has 1 aromatic rings. The molecule has 0 fully saturated rings. The Kier molecular flexibility index (Phi) is 16.9. The number of rotatable bonds is 19. The van der Waals surface area contributed by atoms with Crippen LogP contribution in [0.5, 0.6) is 0 Å². The van der Waals surface area contributed by atoms with Gasteiger partial charge in [-0.25, -0.2) is 4.79 Å². The van der Waals surface area contributed by atoms with Gasteiger partial charge in [-0.15, -0.1) is 0 Å². The summed E-state index contributed by atoms with van der Waals surface area (Å²) in [5.74, 6) is -1.09. The molecule has 1 aromatic heterocycles. The second-order valence-corrected chi connectivity index (χ2v) is 16.3. The maximum absolute atomic E-state index is 12.5. The number of esters is 2. The first-order valence-corrected chi connectivity index (χ1v) is 17.8. The minimum atomic E-state index is -2.33. The van der Waals surface area contributed by atoms with Crippen molar-refractivity contribution >= 4 is 54.6 Å². The van der Waals surface area contributed by atoms with Crippen molar-refractivity contribution in [2.75, 3.05) is 42.8 Å². The van der Waals surface area contributed by atoms with Gasteiger partial charge in [-0.05, 0) is 24.2 Å². The maximum atomic E-state index is 12.5. The lowest BCUT2D eigenvalue weighted by atomic mass is 10.2. The van der Waals surface area contributed by atoms with E-state index in [1.807, 2.05) is 0 Å². The SMILES string of the molecule is CC(=O)Nc1ccn(CO[C@H](CI)[C@@H](COC(OCCOC(C)=O)OCCOC(C)=O)O[Si](C)(C)C(C)(C)C)c(=O)n1. The topological polar surface area (TPSA) is 163 Å². The molecule has 16 heteroatoms. The lowest BCUT2D eigenvalue weighted by Crippen LogP contribution is -2.50. The van der Waals surface area contributed by atoms with Crippen LogP contribution in [0.1, 0.15) is 41.5 Å². The third kappa shape index (κ3) is 15.0. The van der Waals surface area contributed by atoms with E-state index in [4.69, 9.17) is 32.8 Å². The van der Waals surface area contributed by atoms with Crippen LogP contribution in [0.15, 0.2) is 17.1 Å². The van der Waals surface area contributed by atoms with Crippen LogP contribution >= 0.6 is 22.6 Å². The van der Waals surface area contributed by atoms with Crippen molar-refractivity contribution in [2.24, 2.45) is 0 Å². The van der Waals surface area contributed by atoms with Gasteiger partial charge in [0, 0.05) is 31.4 Å². The van der Waals surface area contributed by atoms with Crippen LogP contribution in [0.4, 0.5) is 5.82 Å². The summed E-state index contributed by atoms with van der Waals surface area (Å²) in [6.07, 6.45) is 0.390. The normalized spacial score (nSPS) is 13.5. The lowest BCUT2D eigenvalue weighted by molar-refractivity contribution is -0.299. The number of nitrogens with one attached hydrogen (secondary N) is 1. The molecule has 1 rings (SSSR count). The molecule has 0 spiro atoms. The largest absolute Gasteiger partial charge is 0.463 e. The first-order valence-electron chi connectivity index (χ1n) is 13.4. The summed E-state index contributed by atoms with van der Waals surface area (Å²) in [4.78, 5) is 49.8. The molecule has 0 aromatic carbocycles. The zero-order chi connectivity index (χ0) is 31.9. The molecule has 2 atom stereocenters. The van der Waals surface area contributed by atoms with Crippen LogP contribution in [0.2, 0.25) is 18.1 Å². The number of aromatic nitrogens is 2. The summed E-state index contributed by atoms with van der Waals surface area (Å²) < 4.78 is 41.6. The van der Waals surface area contributed by atoms with E-state index in [0.717, 1.165) is 0 Å².